The second kappa shape index (κ2) is 13.3. The van der Waals surface area contributed by atoms with Crippen LogP contribution >= 0.6 is 0 Å². The predicted molar refractivity (Wildman–Crippen MR) is 218 cm³/mol. The van der Waals surface area contributed by atoms with Crippen LogP contribution in [0, 0.1) is 0 Å². The van der Waals surface area contributed by atoms with Crippen LogP contribution in [0.1, 0.15) is 0 Å². The Morgan fingerprint density at radius 3 is 1.56 bits per heavy atom. The summed E-state index contributed by atoms with van der Waals surface area (Å²) >= 11 is 0. The highest BCUT2D eigenvalue weighted by atomic mass is 15.0. The third kappa shape index (κ3) is 5.63. The maximum Gasteiger partial charge on any atom is 0.165 e. The maximum atomic E-state index is 5.14. The lowest BCUT2D eigenvalue weighted by molar-refractivity contribution is 1.07. The van der Waals surface area contributed by atoms with Gasteiger partial charge in [0, 0.05) is 52.4 Å². The van der Waals surface area contributed by atoms with Crippen molar-refractivity contribution in [2.24, 2.45) is 0 Å². The zero-order valence-corrected chi connectivity index (χ0v) is 29.0. The Kier molecular flexibility index (Phi) is 7.69. The average molecular weight is 691 g/mol. The molecule has 0 fully saturated rings. The third-order valence-corrected chi connectivity index (χ3v) is 9.91. The number of benzene rings is 6. The molecular weight excluding hydrogens is 661 g/mol. The highest BCUT2D eigenvalue weighted by molar-refractivity contribution is 6.14. The standard InChI is InChI=1S/C48H30N6/c1-2-11-34(12-3-1)44-28-42(45-38-15-5-4-10-31(38)22-25-43(45)51-44)33-20-18-32(19-21-33)37-23-24-41(40-17-7-6-16-39(37)40)48-53-46(35-13-8-26-49-29-35)52-47(54-48)36-14-9-27-50-30-36/h1-30H. The number of fused-ring (bicyclic) bond motifs is 4. The van der Waals surface area contributed by atoms with E-state index in [1.807, 2.05) is 30.3 Å². The summed E-state index contributed by atoms with van der Waals surface area (Å²) in [6.45, 7) is 0. The van der Waals surface area contributed by atoms with Crippen molar-refractivity contribution in [3.8, 4) is 67.7 Å². The second-order valence-electron chi connectivity index (χ2n) is 13.2. The van der Waals surface area contributed by atoms with Gasteiger partial charge in [0.15, 0.2) is 17.5 Å². The highest BCUT2D eigenvalue weighted by Crippen LogP contribution is 2.39. The molecule has 0 amide bonds. The minimum absolute atomic E-state index is 0.558. The first-order chi connectivity index (χ1) is 26.8. The lowest BCUT2D eigenvalue weighted by atomic mass is 9.91. The fraction of sp³-hybridized carbons (Fsp3) is 0. The van der Waals surface area contributed by atoms with Crippen molar-refractivity contribution >= 4 is 32.4 Å². The van der Waals surface area contributed by atoms with E-state index in [-0.39, 0.29) is 0 Å². The summed E-state index contributed by atoms with van der Waals surface area (Å²) in [7, 11) is 0. The van der Waals surface area contributed by atoms with Crippen LogP contribution < -0.4 is 0 Å². The molecule has 0 atom stereocenters. The van der Waals surface area contributed by atoms with Crippen LogP contribution in [0.3, 0.4) is 0 Å². The Morgan fingerprint density at radius 1 is 0.333 bits per heavy atom. The van der Waals surface area contributed by atoms with Crippen LogP contribution in [0.15, 0.2) is 183 Å². The number of hydrogen-bond acceptors (Lipinski definition) is 6. The molecule has 4 heterocycles. The quantitative estimate of drug-likeness (QED) is 0.162. The minimum Gasteiger partial charge on any atom is -0.264 e. The summed E-state index contributed by atoms with van der Waals surface area (Å²) in [5, 5.41) is 5.71. The first-order valence-corrected chi connectivity index (χ1v) is 17.8. The van der Waals surface area contributed by atoms with E-state index in [0.29, 0.717) is 17.5 Å². The van der Waals surface area contributed by atoms with Gasteiger partial charge in [-0.15, -0.1) is 0 Å². The molecule has 0 radical (unpaired) electrons. The SMILES string of the molecule is c1ccc(-c2cc(-c3ccc(-c4ccc(-c5nc(-c6cccnc6)nc(-c6cccnc6)n5)c5ccccc45)cc3)c3c(ccc4ccccc43)n2)cc1. The van der Waals surface area contributed by atoms with Crippen molar-refractivity contribution in [1.29, 1.82) is 0 Å². The Hall–Kier alpha value is -7.44. The van der Waals surface area contributed by atoms with E-state index in [9.17, 15) is 0 Å². The molecular formula is C48H30N6. The van der Waals surface area contributed by atoms with Gasteiger partial charge in [-0.05, 0) is 86.3 Å². The molecule has 6 aromatic carbocycles. The van der Waals surface area contributed by atoms with Crippen LogP contribution in [-0.4, -0.2) is 29.9 Å². The molecule has 0 saturated carbocycles. The predicted octanol–water partition coefficient (Wildman–Crippen LogP) is 11.5. The average Bonchev–Trinajstić information content (AvgIpc) is 3.26. The van der Waals surface area contributed by atoms with Crippen LogP contribution in [0.25, 0.3) is 100 Å². The second-order valence-corrected chi connectivity index (χ2v) is 13.2. The minimum atomic E-state index is 0.558. The summed E-state index contributed by atoms with van der Waals surface area (Å²) < 4.78 is 0. The van der Waals surface area contributed by atoms with Crippen molar-refractivity contribution in [3.05, 3.63) is 183 Å². The molecule has 0 bridgehead atoms. The van der Waals surface area contributed by atoms with Crippen molar-refractivity contribution < 1.29 is 0 Å². The van der Waals surface area contributed by atoms with E-state index in [0.717, 1.165) is 71.9 Å². The first kappa shape index (κ1) is 31.3. The summed E-state index contributed by atoms with van der Waals surface area (Å²) in [6, 6.07) is 54.8. The van der Waals surface area contributed by atoms with Crippen LogP contribution in [-0.2, 0) is 0 Å². The fourth-order valence-corrected chi connectivity index (χ4v) is 7.31. The summed E-state index contributed by atoms with van der Waals surface area (Å²) in [6.07, 6.45) is 7.04. The molecule has 0 N–H and O–H groups in total. The van der Waals surface area contributed by atoms with Gasteiger partial charge >= 0.3 is 0 Å². The van der Waals surface area contributed by atoms with Crippen molar-refractivity contribution in [1.82, 2.24) is 29.9 Å². The number of rotatable bonds is 6. The summed E-state index contributed by atoms with van der Waals surface area (Å²) in [5.74, 6) is 1.71. The lowest BCUT2D eigenvalue weighted by Gasteiger charge is -2.15. The van der Waals surface area contributed by atoms with Gasteiger partial charge in [-0.2, -0.15) is 0 Å². The number of hydrogen-bond donors (Lipinski definition) is 0. The smallest absolute Gasteiger partial charge is 0.165 e. The Bertz CT molecular complexity index is 2910. The molecule has 0 aliphatic carbocycles. The van der Waals surface area contributed by atoms with Gasteiger partial charge in [0.25, 0.3) is 0 Å². The van der Waals surface area contributed by atoms with E-state index in [1.54, 1.807) is 24.8 Å². The van der Waals surface area contributed by atoms with Gasteiger partial charge in [0.1, 0.15) is 0 Å². The third-order valence-electron chi connectivity index (χ3n) is 9.91. The van der Waals surface area contributed by atoms with E-state index in [2.05, 4.69) is 137 Å². The number of nitrogens with zero attached hydrogens (tertiary/aromatic N) is 6. The van der Waals surface area contributed by atoms with Gasteiger partial charge in [0.05, 0.1) is 11.2 Å². The van der Waals surface area contributed by atoms with E-state index < -0.39 is 0 Å². The van der Waals surface area contributed by atoms with E-state index in [4.69, 9.17) is 19.9 Å². The highest BCUT2D eigenvalue weighted by Gasteiger charge is 2.17. The zero-order valence-electron chi connectivity index (χ0n) is 29.0. The van der Waals surface area contributed by atoms with Crippen LogP contribution in [0.4, 0.5) is 0 Å². The Balaban J connectivity index is 1.10. The van der Waals surface area contributed by atoms with Gasteiger partial charge < -0.3 is 0 Å². The molecule has 54 heavy (non-hydrogen) atoms. The molecule has 10 aromatic rings. The molecule has 0 unspecified atom stereocenters. The van der Waals surface area contributed by atoms with Gasteiger partial charge in [-0.25, -0.2) is 19.9 Å². The van der Waals surface area contributed by atoms with E-state index >= 15 is 0 Å². The Labute approximate surface area is 311 Å². The van der Waals surface area contributed by atoms with Crippen LogP contribution in [0.5, 0.6) is 0 Å². The normalized spacial score (nSPS) is 11.3. The molecule has 0 spiro atoms. The molecule has 6 heteroatoms. The van der Waals surface area contributed by atoms with Gasteiger partial charge in [-0.1, -0.05) is 115 Å². The van der Waals surface area contributed by atoms with Gasteiger partial charge in [-0.3, -0.25) is 9.97 Å². The zero-order chi connectivity index (χ0) is 35.8. The molecule has 6 nitrogen and oxygen atoms in total. The molecule has 0 aliphatic rings. The van der Waals surface area contributed by atoms with Crippen molar-refractivity contribution in [3.63, 3.8) is 0 Å². The monoisotopic (exact) mass is 690 g/mol. The summed E-state index contributed by atoms with van der Waals surface area (Å²) in [5.41, 5.74) is 10.1. The van der Waals surface area contributed by atoms with Crippen molar-refractivity contribution in [2.45, 2.75) is 0 Å². The maximum absolute atomic E-state index is 5.14. The molecule has 252 valence electrons. The summed E-state index contributed by atoms with van der Waals surface area (Å²) in [4.78, 5) is 28.6. The molecule has 0 saturated heterocycles. The first-order valence-electron chi connectivity index (χ1n) is 17.8. The molecule has 4 aromatic heterocycles. The fourth-order valence-electron chi connectivity index (χ4n) is 7.31. The largest absolute Gasteiger partial charge is 0.264 e. The van der Waals surface area contributed by atoms with Crippen molar-refractivity contribution in [2.75, 3.05) is 0 Å². The lowest BCUT2D eigenvalue weighted by Crippen LogP contribution is -2.01. The molecule has 0 aliphatic heterocycles. The number of aromatic nitrogens is 6. The van der Waals surface area contributed by atoms with E-state index in [1.165, 1.54) is 10.8 Å². The van der Waals surface area contributed by atoms with Gasteiger partial charge in [0.2, 0.25) is 0 Å². The number of pyridine rings is 3. The Morgan fingerprint density at radius 2 is 0.889 bits per heavy atom. The van der Waals surface area contributed by atoms with Crippen LogP contribution in [0.2, 0.25) is 0 Å². The molecule has 10 rings (SSSR count). The topological polar surface area (TPSA) is 77.3 Å².